The molecule has 3 aromatic rings. The van der Waals surface area contributed by atoms with E-state index in [1.807, 2.05) is 0 Å². The minimum atomic E-state index is -2.56. The van der Waals surface area contributed by atoms with Gasteiger partial charge in [0, 0.05) is 5.54 Å². The molecule has 0 heterocycles. The average Bonchev–Trinajstić information content (AvgIpc) is 3.48. The van der Waals surface area contributed by atoms with Gasteiger partial charge >= 0.3 is 0 Å². The first-order chi connectivity index (χ1) is 19.1. The largest absolute Gasteiger partial charge is 0.158 e. The highest BCUT2D eigenvalue weighted by Gasteiger charge is 2.47. The van der Waals surface area contributed by atoms with Gasteiger partial charge in [-0.3, -0.25) is 0 Å². The third-order valence-electron chi connectivity index (χ3n) is 9.18. The van der Waals surface area contributed by atoms with Gasteiger partial charge in [-0.15, -0.1) is 0 Å². The molecule has 0 aromatic heterocycles. The molecule has 0 spiro atoms. The van der Waals surface area contributed by atoms with Gasteiger partial charge in [0.25, 0.3) is 0 Å². The van der Waals surface area contributed by atoms with Crippen molar-refractivity contribution in [2.24, 2.45) is 5.41 Å². The van der Waals surface area contributed by atoms with Crippen molar-refractivity contribution in [1.82, 2.24) is 0 Å². The Morgan fingerprint density at radius 2 is 0.800 bits per heavy atom. The zero-order valence-electron chi connectivity index (χ0n) is 26.7. The lowest BCUT2D eigenvalue weighted by Gasteiger charge is -2.39. The zero-order valence-corrected chi connectivity index (χ0v) is 27.7. The Bertz CT molecular complexity index is 1190. The Hall–Kier alpha value is -2.64. The summed E-state index contributed by atoms with van der Waals surface area (Å²) >= 11 is 0. The number of hydrogen-bond donors (Lipinski definition) is 0. The molecule has 0 fully saturated rings. The monoisotopic (exact) mass is 548 g/mol. The van der Waals surface area contributed by atoms with Crippen LogP contribution in [0.5, 0.6) is 0 Å². The first-order valence-corrected chi connectivity index (χ1v) is 18.0. The van der Waals surface area contributed by atoms with Gasteiger partial charge in [0.2, 0.25) is 0 Å². The molecule has 1 aliphatic carbocycles. The van der Waals surface area contributed by atoms with Crippen molar-refractivity contribution in [3.8, 4) is 0 Å². The number of hydrogen-bond acceptors (Lipinski definition) is 0. The van der Waals surface area contributed by atoms with Crippen LogP contribution in [0.4, 0.5) is 0 Å². The summed E-state index contributed by atoms with van der Waals surface area (Å²) in [6.45, 7) is 21.0. The summed E-state index contributed by atoms with van der Waals surface area (Å²) in [5.74, 6) is 0. The molecule has 0 aliphatic heterocycles. The minimum absolute atomic E-state index is 0.130. The summed E-state index contributed by atoms with van der Waals surface area (Å²) in [7, 11) is -2.56. The second-order valence-corrected chi connectivity index (χ2v) is 16.8. The standard InChI is InChI=1S/C39H52Si/c1-10-28-18-29(11-2)22-36(21-28)40(35-17-16-34(27-35)39(7,8)9,37-23-30(12-3)19-31(13-4)24-37)38-25-32(14-5)20-33(15-6)26-38/h16-27,35H,10-15H2,1-9H3. The molecule has 4 rings (SSSR count). The second-order valence-electron chi connectivity index (χ2n) is 12.8. The number of rotatable bonds is 10. The molecule has 0 nitrogen and oxygen atoms in total. The fourth-order valence-corrected chi connectivity index (χ4v) is 12.0. The molecule has 1 atom stereocenters. The van der Waals surface area contributed by atoms with Gasteiger partial charge in [0.15, 0.2) is 8.07 Å². The molecular formula is C39H52Si. The van der Waals surface area contributed by atoms with Crippen LogP contribution in [0.2, 0.25) is 5.54 Å². The predicted octanol–water partition coefficient (Wildman–Crippen LogP) is 8.44. The Kier molecular flexibility index (Phi) is 9.46. The summed E-state index contributed by atoms with van der Waals surface area (Å²) < 4.78 is 0. The van der Waals surface area contributed by atoms with E-state index in [1.165, 1.54) is 39.0 Å². The van der Waals surface area contributed by atoms with E-state index in [0.717, 1.165) is 38.5 Å². The van der Waals surface area contributed by atoms with Gasteiger partial charge in [-0.05, 0) is 98.5 Å². The van der Waals surface area contributed by atoms with Gasteiger partial charge in [-0.1, -0.05) is 135 Å². The highest BCUT2D eigenvalue weighted by Crippen LogP contribution is 2.39. The first-order valence-electron chi connectivity index (χ1n) is 15.9. The SMILES string of the molecule is CCc1cc(CC)cc([Si](c2cc(CC)cc(CC)c2)(c2cc(CC)cc(CC)c2)C2C=CC(C(C)(C)C)=C2)c1. The summed E-state index contributed by atoms with van der Waals surface area (Å²) in [5.41, 5.74) is 10.8. The van der Waals surface area contributed by atoms with Crippen molar-refractivity contribution in [3.63, 3.8) is 0 Å². The third-order valence-corrected chi connectivity index (χ3v) is 14.1. The van der Waals surface area contributed by atoms with E-state index < -0.39 is 8.07 Å². The van der Waals surface area contributed by atoms with Crippen LogP contribution in [0.1, 0.15) is 95.7 Å². The van der Waals surface area contributed by atoms with Gasteiger partial charge in [0.05, 0.1) is 0 Å². The lowest BCUT2D eigenvalue weighted by atomic mass is 9.87. The number of benzene rings is 3. The Morgan fingerprint density at radius 1 is 0.500 bits per heavy atom. The molecule has 0 N–H and O–H groups in total. The van der Waals surface area contributed by atoms with Crippen LogP contribution in [0, 0.1) is 5.41 Å². The van der Waals surface area contributed by atoms with E-state index in [9.17, 15) is 0 Å². The number of aryl methyl sites for hydroxylation is 6. The van der Waals surface area contributed by atoms with E-state index in [2.05, 4.69) is 135 Å². The maximum atomic E-state index is 2.66. The van der Waals surface area contributed by atoms with Gasteiger partial charge in [0.1, 0.15) is 0 Å². The molecule has 1 aliphatic rings. The van der Waals surface area contributed by atoms with Crippen LogP contribution in [0.25, 0.3) is 0 Å². The summed E-state index contributed by atoms with van der Waals surface area (Å²) in [6.07, 6.45) is 14.1. The van der Waals surface area contributed by atoms with Crippen LogP contribution in [0.15, 0.2) is 78.4 Å². The van der Waals surface area contributed by atoms with E-state index in [-0.39, 0.29) is 5.41 Å². The van der Waals surface area contributed by atoms with Crippen molar-refractivity contribution in [2.75, 3.05) is 0 Å². The normalized spacial score (nSPS) is 15.5. The minimum Gasteiger partial charge on any atom is -0.0790 e. The first kappa shape index (κ1) is 30.3. The molecule has 0 saturated heterocycles. The van der Waals surface area contributed by atoms with E-state index in [0.29, 0.717) is 5.54 Å². The van der Waals surface area contributed by atoms with E-state index >= 15 is 0 Å². The predicted molar refractivity (Wildman–Crippen MR) is 181 cm³/mol. The molecule has 0 radical (unpaired) electrons. The summed E-state index contributed by atoms with van der Waals surface area (Å²) in [5, 5.41) is 4.74. The van der Waals surface area contributed by atoms with Crippen molar-refractivity contribution >= 4 is 23.6 Å². The van der Waals surface area contributed by atoms with E-state index in [1.54, 1.807) is 15.6 Å². The van der Waals surface area contributed by atoms with Gasteiger partial charge < -0.3 is 0 Å². The molecule has 40 heavy (non-hydrogen) atoms. The summed E-state index contributed by atoms with van der Waals surface area (Å²) in [6, 6.07) is 22.9. The summed E-state index contributed by atoms with van der Waals surface area (Å²) in [4.78, 5) is 0. The molecule has 3 aromatic carbocycles. The topological polar surface area (TPSA) is 0 Å². The van der Waals surface area contributed by atoms with Crippen molar-refractivity contribution in [1.29, 1.82) is 0 Å². The van der Waals surface area contributed by atoms with E-state index in [4.69, 9.17) is 0 Å². The van der Waals surface area contributed by atoms with Gasteiger partial charge in [-0.25, -0.2) is 0 Å². The maximum Gasteiger partial charge on any atom is 0.158 e. The highest BCUT2D eigenvalue weighted by molar-refractivity contribution is 7.13. The van der Waals surface area contributed by atoms with Crippen molar-refractivity contribution in [2.45, 2.75) is 106 Å². The molecule has 212 valence electrons. The fraction of sp³-hybridized carbons (Fsp3) is 0.436. The van der Waals surface area contributed by atoms with Crippen LogP contribution in [-0.4, -0.2) is 8.07 Å². The van der Waals surface area contributed by atoms with Crippen LogP contribution < -0.4 is 15.6 Å². The molecule has 0 amide bonds. The highest BCUT2D eigenvalue weighted by atomic mass is 28.3. The molecule has 0 bridgehead atoms. The lowest BCUT2D eigenvalue weighted by molar-refractivity contribution is 0.518. The molecule has 1 unspecified atom stereocenters. The quantitative estimate of drug-likeness (QED) is 0.176. The van der Waals surface area contributed by atoms with Gasteiger partial charge in [-0.2, -0.15) is 0 Å². The smallest absolute Gasteiger partial charge is 0.0790 e. The lowest BCUT2D eigenvalue weighted by Crippen LogP contribution is -2.69. The molecular weight excluding hydrogens is 497 g/mol. The fourth-order valence-electron chi connectivity index (χ4n) is 6.55. The molecule has 1 heteroatoms. The third kappa shape index (κ3) is 5.86. The van der Waals surface area contributed by atoms with Crippen molar-refractivity contribution in [3.05, 3.63) is 112 Å². The Balaban J connectivity index is 2.23. The maximum absolute atomic E-state index is 2.66. The van der Waals surface area contributed by atoms with Crippen LogP contribution in [-0.2, 0) is 38.5 Å². The number of allylic oxidation sites excluding steroid dienone is 4. The van der Waals surface area contributed by atoms with Crippen LogP contribution >= 0.6 is 0 Å². The van der Waals surface area contributed by atoms with Crippen molar-refractivity contribution < 1.29 is 0 Å². The van der Waals surface area contributed by atoms with Crippen LogP contribution in [0.3, 0.4) is 0 Å². The zero-order chi connectivity index (χ0) is 29.1. The molecule has 0 saturated carbocycles. The Morgan fingerprint density at radius 3 is 1.02 bits per heavy atom. The second kappa shape index (κ2) is 12.5. The Labute approximate surface area is 246 Å². The average molecular weight is 549 g/mol.